The standard InChI is InChI=1S/C11H22F2N2O2/c1-4-9(5-2)15-10(17)8(3)14-6-11(12,13)7-16/h8-9,14,16H,4-7H2,1-3H3,(H,15,17). The molecule has 0 fully saturated rings. The Bertz CT molecular complexity index is 234. The normalized spacial score (nSPS) is 13.8. The van der Waals surface area contributed by atoms with Crippen molar-refractivity contribution in [3.05, 3.63) is 0 Å². The summed E-state index contributed by atoms with van der Waals surface area (Å²) in [5.74, 6) is -3.49. The summed E-state index contributed by atoms with van der Waals surface area (Å²) in [5, 5.41) is 13.5. The van der Waals surface area contributed by atoms with E-state index >= 15 is 0 Å². The molecule has 0 aromatic heterocycles. The molecule has 1 unspecified atom stereocenters. The number of rotatable bonds is 8. The number of hydrogen-bond acceptors (Lipinski definition) is 3. The Morgan fingerprint density at radius 3 is 2.29 bits per heavy atom. The van der Waals surface area contributed by atoms with Gasteiger partial charge in [0.25, 0.3) is 5.92 Å². The zero-order valence-corrected chi connectivity index (χ0v) is 10.6. The topological polar surface area (TPSA) is 61.4 Å². The Morgan fingerprint density at radius 2 is 1.88 bits per heavy atom. The Hall–Kier alpha value is -0.750. The number of halogens is 2. The third-order valence-electron chi connectivity index (χ3n) is 2.62. The summed E-state index contributed by atoms with van der Waals surface area (Å²) in [7, 11) is 0. The van der Waals surface area contributed by atoms with Crippen LogP contribution in [0.4, 0.5) is 8.78 Å². The second-order valence-corrected chi connectivity index (χ2v) is 4.14. The number of amides is 1. The lowest BCUT2D eigenvalue weighted by atomic mass is 10.1. The predicted molar refractivity (Wildman–Crippen MR) is 62.0 cm³/mol. The van der Waals surface area contributed by atoms with Crippen LogP contribution in [0.15, 0.2) is 0 Å². The van der Waals surface area contributed by atoms with E-state index in [1.807, 2.05) is 13.8 Å². The summed E-state index contributed by atoms with van der Waals surface area (Å²) in [6.45, 7) is 3.49. The molecule has 102 valence electrons. The fourth-order valence-corrected chi connectivity index (χ4v) is 1.27. The first-order chi connectivity index (χ1) is 7.86. The number of carbonyl (C=O) groups is 1. The molecule has 0 spiro atoms. The van der Waals surface area contributed by atoms with Crippen molar-refractivity contribution in [2.45, 2.75) is 51.6 Å². The highest BCUT2D eigenvalue weighted by atomic mass is 19.3. The van der Waals surface area contributed by atoms with Crippen LogP contribution in [0, 0.1) is 0 Å². The lowest BCUT2D eigenvalue weighted by molar-refractivity contribution is -0.124. The molecule has 0 aliphatic rings. The third-order valence-corrected chi connectivity index (χ3v) is 2.62. The maximum Gasteiger partial charge on any atom is 0.282 e. The van der Waals surface area contributed by atoms with Crippen LogP contribution in [0.2, 0.25) is 0 Å². The summed E-state index contributed by atoms with van der Waals surface area (Å²) < 4.78 is 25.5. The first kappa shape index (κ1) is 16.2. The average Bonchev–Trinajstić information content (AvgIpc) is 2.32. The molecule has 4 nitrogen and oxygen atoms in total. The van der Waals surface area contributed by atoms with Gasteiger partial charge in [0.05, 0.1) is 12.6 Å². The molecule has 0 aromatic carbocycles. The number of aliphatic hydroxyl groups is 1. The number of alkyl halides is 2. The van der Waals surface area contributed by atoms with Gasteiger partial charge < -0.3 is 15.7 Å². The molecule has 0 aliphatic heterocycles. The maximum atomic E-state index is 12.7. The van der Waals surface area contributed by atoms with Crippen LogP contribution in [0.1, 0.15) is 33.6 Å². The number of nitrogens with one attached hydrogen (secondary N) is 2. The van der Waals surface area contributed by atoms with Crippen molar-refractivity contribution in [2.24, 2.45) is 0 Å². The molecule has 0 saturated carbocycles. The molecule has 0 saturated heterocycles. The number of hydrogen-bond donors (Lipinski definition) is 3. The highest BCUT2D eigenvalue weighted by Gasteiger charge is 2.29. The Morgan fingerprint density at radius 1 is 1.35 bits per heavy atom. The van der Waals surface area contributed by atoms with Crippen molar-refractivity contribution in [3.8, 4) is 0 Å². The van der Waals surface area contributed by atoms with Crippen molar-refractivity contribution in [3.63, 3.8) is 0 Å². The fourth-order valence-electron chi connectivity index (χ4n) is 1.27. The summed E-state index contributed by atoms with van der Waals surface area (Å²) in [5.41, 5.74) is 0. The van der Waals surface area contributed by atoms with Crippen molar-refractivity contribution < 1.29 is 18.7 Å². The molecule has 0 bridgehead atoms. The van der Waals surface area contributed by atoms with Crippen LogP contribution >= 0.6 is 0 Å². The summed E-state index contributed by atoms with van der Waals surface area (Å²) >= 11 is 0. The van der Waals surface area contributed by atoms with E-state index in [9.17, 15) is 13.6 Å². The third kappa shape index (κ3) is 6.53. The van der Waals surface area contributed by atoms with E-state index in [4.69, 9.17) is 5.11 Å². The zero-order valence-electron chi connectivity index (χ0n) is 10.6. The van der Waals surface area contributed by atoms with Gasteiger partial charge in [-0.2, -0.15) is 0 Å². The van der Waals surface area contributed by atoms with Gasteiger partial charge in [-0.3, -0.25) is 4.79 Å². The first-order valence-electron chi connectivity index (χ1n) is 5.88. The fraction of sp³-hybridized carbons (Fsp3) is 0.909. The van der Waals surface area contributed by atoms with Crippen LogP contribution < -0.4 is 10.6 Å². The first-order valence-corrected chi connectivity index (χ1v) is 5.88. The van der Waals surface area contributed by atoms with E-state index in [1.165, 1.54) is 6.92 Å². The summed E-state index contributed by atoms with van der Waals surface area (Å²) in [4.78, 5) is 11.6. The van der Waals surface area contributed by atoms with Crippen molar-refractivity contribution in [1.82, 2.24) is 10.6 Å². The van der Waals surface area contributed by atoms with Gasteiger partial charge in [0.1, 0.15) is 6.61 Å². The molecule has 0 aromatic rings. The largest absolute Gasteiger partial charge is 0.390 e. The number of carbonyl (C=O) groups excluding carboxylic acids is 1. The van der Waals surface area contributed by atoms with Gasteiger partial charge in [0.15, 0.2) is 0 Å². The molecule has 0 heterocycles. The Kier molecular flexibility index (Phi) is 7.22. The Labute approximate surface area is 101 Å². The highest BCUT2D eigenvalue weighted by molar-refractivity contribution is 5.81. The van der Waals surface area contributed by atoms with Crippen LogP contribution in [-0.4, -0.2) is 42.2 Å². The molecule has 1 amide bonds. The molecule has 0 radical (unpaired) electrons. The van der Waals surface area contributed by atoms with E-state index in [0.717, 1.165) is 12.8 Å². The zero-order chi connectivity index (χ0) is 13.5. The molecule has 0 rings (SSSR count). The smallest absolute Gasteiger partial charge is 0.282 e. The Balaban J connectivity index is 4.06. The minimum Gasteiger partial charge on any atom is -0.390 e. The minimum atomic E-state index is -3.19. The van der Waals surface area contributed by atoms with Gasteiger partial charge in [0, 0.05) is 6.04 Å². The van der Waals surface area contributed by atoms with Crippen LogP contribution in [0.5, 0.6) is 0 Å². The second kappa shape index (κ2) is 7.55. The molecule has 6 heteroatoms. The van der Waals surface area contributed by atoms with Gasteiger partial charge >= 0.3 is 0 Å². The van der Waals surface area contributed by atoms with Gasteiger partial charge in [-0.25, -0.2) is 8.78 Å². The lowest BCUT2D eigenvalue weighted by Crippen LogP contribution is -2.49. The van der Waals surface area contributed by atoms with Crippen molar-refractivity contribution >= 4 is 5.91 Å². The monoisotopic (exact) mass is 252 g/mol. The highest BCUT2D eigenvalue weighted by Crippen LogP contribution is 2.10. The number of aliphatic hydroxyl groups excluding tert-OH is 1. The average molecular weight is 252 g/mol. The summed E-state index contributed by atoms with van der Waals surface area (Å²) in [6, 6.07) is -0.627. The maximum absolute atomic E-state index is 12.7. The van der Waals surface area contributed by atoms with Crippen molar-refractivity contribution in [1.29, 1.82) is 0 Å². The van der Waals surface area contributed by atoms with Gasteiger partial charge in [-0.15, -0.1) is 0 Å². The van der Waals surface area contributed by atoms with E-state index in [2.05, 4.69) is 10.6 Å². The van der Waals surface area contributed by atoms with Crippen molar-refractivity contribution in [2.75, 3.05) is 13.2 Å². The summed E-state index contributed by atoms with van der Waals surface area (Å²) in [6.07, 6.45) is 1.61. The van der Waals surface area contributed by atoms with E-state index in [1.54, 1.807) is 0 Å². The molecule has 1 atom stereocenters. The molecule has 0 aliphatic carbocycles. The molecular weight excluding hydrogens is 230 g/mol. The lowest BCUT2D eigenvalue weighted by Gasteiger charge is -2.21. The van der Waals surface area contributed by atoms with Crippen LogP contribution in [0.3, 0.4) is 0 Å². The van der Waals surface area contributed by atoms with E-state index in [0.29, 0.717) is 0 Å². The molecule has 3 N–H and O–H groups in total. The van der Waals surface area contributed by atoms with E-state index in [-0.39, 0.29) is 11.9 Å². The van der Waals surface area contributed by atoms with E-state index < -0.39 is 25.1 Å². The van der Waals surface area contributed by atoms with Gasteiger partial charge in [-0.1, -0.05) is 13.8 Å². The van der Waals surface area contributed by atoms with Crippen LogP contribution in [-0.2, 0) is 4.79 Å². The SMILES string of the molecule is CCC(CC)NC(=O)C(C)NCC(F)(F)CO. The van der Waals surface area contributed by atoms with Gasteiger partial charge in [-0.05, 0) is 19.8 Å². The van der Waals surface area contributed by atoms with Crippen LogP contribution in [0.25, 0.3) is 0 Å². The minimum absolute atomic E-state index is 0.0742. The second-order valence-electron chi connectivity index (χ2n) is 4.14. The quantitative estimate of drug-likeness (QED) is 0.601. The molecule has 17 heavy (non-hydrogen) atoms. The predicted octanol–water partition coefficient (Wildman–Crippen LogP) is 0.897. The van der Waals surface area contributed by atoms with Gasteiger partial charge in [0.2, 0.25) is 5.91 Å². The molecular formula is C11H22F2N2O2.